The summed E-state index contributed by atoms with van der Waals surface area (Å²) >= 11 is 0.990. The van der Waals surface area contributed by atoms with Crippen LogP contribution in [-0.4, -0.2) is 17.9 Å². The molecule has 0 saturated carbocycles. The molecule has 0 aliphatic rings. The summed E-state index contributed by atoms with van der Waals surface area (Å²) in [6.45, 7) is -0.168. The molecule has 1 rings (SSSR count). The summed E-state index contributed by atoms with van der Waals surface area (Å²) in [7, 11) is 0. The Hall–Kier alpha value is -1.08. The molecule has 7 heteroatoms. The Kier molecular flexibility index (Phi) is 3.90. The van der Waals surface area contributed by atoms with Crippen LogP contribution in [0.25, 0.3) is 0 Å². The highest BCUT2D eigenvalue weighted by atomic mass is 32.1. The lowest BCUT2D eigenvalue weighted by atomic mass is 10.3. The average Bonchev–Trinajstić information content (AvgIpc) is 2.52. The smallest absolute Gasteiger partial charge is 0.307 e. The van der Waals surface area contributed by atoms with E-state index >= 15 is 0 Å². The van der Waals surface area contributed by atoms with Gasteiger partial charge in [0.25, 0.3) is 6.43 Å². The van der Waals surface area contributed by atoms with Gasteiger partial charge in [-0.15, -0.1) is 0 Å². The van der Waals surface area contributed by atoms with Crippen molar-refractivity contribution in [1.82, 2.24) is 5.32 Å². The first-order chi connectivity index (χ1) is 6.59. The Morgan fingerprint density at radius 3 is 2.86 bits per heavy atom. The predicted molar refractivity (Wildman–Crippen MR) is 48.7 cm³/mol. The topological polar surface area (TPSA) is 55.2 Å². The number of halogens is 2. The SMILES string of the molecule is O=[N+]([O-])c1cc(CNCC(F)F)cs1. The number of thiophene rings is 1. The van der Waals surface area contributed by atoms with E-state index in [1.54, 1.807) is 5.38 Å². The summed E-state index contributed by atoms with van der Waals surface area (Å²) in [6.07, 6.45) is -2.40. The lowest BCUT2D eigenvalue weighted by Crippen LogP contribution is -2.20. The molecule has 1 N–H and O–H groups in total. The van der Waals surface area contributed by atoms with Crippen molar-refractivity contribution in [3.05, 3.63) is 27.1 Å². The van der Waals surface area contributed by atoms with Crippen molar-refractivity contribution in [3.8, 4) is 0 Å². The Bertz CT molecular complexity index is 316. The van der Waals surface area contributed by atoms with E-state index in [9.17, 15) is 18.9 Å². The third-order valence-corrected chi connectivity index (χ3v) is 2.38. The van der Waals surface area contributed by atoms with Crippen LogP contribution >= 0.6 is 11.3 Å². The highest BCUT2D eigenvalue weighted by Gasteiger charge is 2.09. The largest absolute Gasteiger partial charge is 0.324 e. The number of hydrogen-bond acceptors (Lipinski definition) is 4. The molecular formula is C7H8F2N2O2S. The molecule has 1 aromatic rings. The lowest BCUT2D eigenvalue weighted by molar-refractivity contribution is -0.380. The second kappa shape index (κ2) is 4.97. The zero-order chi connectivity index (χ0) is 10.6. The molecule has 0 amide bonds. The van der Waals surface area contributed by atoms with Gasteiger partial charge in [-0.3, -0.25) is 10.1 Å². The molecule has 0 radical (unpaired) electrons. The number of nitro groups is 1. The molecule has 0 atom stereocenters. The van der Waals surface area contributed by atoms with Gasteiger partial charge in [0.1, 0.15) is 0 Å². The highest BCUT2D eigenvalue weighted by molar-refractivity contribution is 7.13. The van der Waals surface area contributed by atoms with Crippen molar-refractivity contribution in [2.24, 2.45) is 0 Å². The van der Waals surface area contributed by atoms with Gasteiger partial charge in [-0.05, 0) is 5.56 Å². The van der Waals surface area contributed by atoms with Crippen molar-refractivity contribution in [2.45, 2.75) is 13.0 Å². The van der Waals surface area contributed by atoms with Crippen LogP contribution in [0.1, 0.15) is 5.56 Å². The number of rotatable bonds is 5. The van der Waals surface area contributed by atoms with Gasteiger partial charge in [0.15, 0.2) is 0 Å². The van der Waals surface area contributed by atoms with Gasteiger partial charge in [0, 0.05) is 18.0 Å². The Balaban J connectivity index is 2.40. The van der Waals surface area contributed by atoms with Crippen molar-refractivity contribution in [3.63, 3.8) is 0 Å². The van der Waals surface area contributed by atoms with Crippen LogP contribution < -0.4 is 5.32 Å². The van der Waals surface area contributed by atoms with Crippen LogP contribution in [0.2, 0.25) is 0 Å². The van der Waals surface area contributed by atoms with E-state index in [0.29, 0.717) is 5.56 Å². The monoisotopic (exact) mass is 222 g/mol. The fraction of sp³-hybridized carbons (Fsp3) is 0.429. The fourth-order valence-corrected chi connectivity index (χ4v) is 1.61. The average molecular weight is 222 g/mol. The summed E-state index contributed by atoms with van der Waals surface area (Å²) in [5, 5.41) is 14.4. The maximum atomic E-state index is 11.7. The first-order valence-corrected chi connectivity index (χ1v) is 4.68. The molecule has 4 nitrogen and oxygen atoms in total. The summed E-state index contributed by atoms with van der Waals surface area (Å²) in [4.78, 5) is 9.77. The van der Waals surface area contributed by atoms with E-state index in [0.717, 1.165) is 11.3 Å². The number of nitrogens with one attached hydrogen (secondary N) is 1. The molecule has 1 aromatic heterocycles. The van der Waals surface area contributed by atoms with Crippen molar-refractivity contribution in [1.29, 1.82) is 0 Å². The standard InChI is InChI=1S/C7H8F2N2O2S/c8-6(9)3-10-2-5-1-7(11(12)13)14-4-5/h1,4,6,10H,2-3H2. The van der Waals surface area contributed by atoms with Gasteiger partial charge < -0.3 is 5.32 Å². The molecule has 0 bridgehead atoms. The second-order valence-electron chi connectivity index (χ2n) is 2.57. The van der Waals surface area contributed by atoms with E-state index < -0.39 is 17.9 Å². The third kappa shape index (κ3) is 3.35. The lowest BCUT2D eigenvalue weighted by Gasteiger charge is -2.00. The van der Waals surface area contributed by atoms with Crippen molar-refractivity contribution < 1.29 is 13.7 Å². The normalized spacial score (nSPS) is 10.8. The zero-order valence-corrected chi connectivity index (χ0v) is 7.89. The summed E-state index contributed by atoms with van der Waals surface area (Å²) in [5.41, 5.74) is 0.655. The molecule has 78 valence electrons. The van der Waals surface area contributed by atoms with E-state index in [4.69, 9.17) is 0 Å². The summed E-state index contributed by atoms with van der Waals surface area (Å²) < 4.78 is 23.4. The minimum atomic E-state index is -2.40. The molecule has 0 aromatic carbocycles. The zero-order valence-electron chi connectivity index (χ0n) is 7.07. The van der Waals surface area contributed by atoms with Gasteiger partial charge >= 0.3 is 5.00 Å². The molecular weight excluding hydrogens is 214 g/mol. The third-order valence-electron chi connectivity index (χ3n) is 1.45. The minimum absolute atomic E-state index is 0.0267. The number of nitrogens with zero attached hydrogens (tertiary/aromatic N) is 1. The van der Waals surface area contributed by atoms with Crippen LogP contribution in [0.4, 0.5) is 13.8 Å². The van der Waals surface area contributed by atoms with E-state index in [1.807, 2.05) is 0 Å². The molecule has 0 fully saturated rings. The van der Waals surface area contributed by atoms with Gasteiger partial charge in [-0.2, -0.15) is 0 Å². The van der Waals surface area contributed by atoms with Gasteiger partial charge in [0.05, 0.1) is 11.5 Å². The molecule has 0 unspecified atom stereocenters. The Labute approximate surface area is 82.7 Å². The minimum Gasteiger partial charge on any atom is -0.307 e. The molecule has 1 heterocycles. The molecule has 0 saturated heterocycles. The van der Waals surface area contributed by atoms with Crippen LogP contribution in [0, 0.1) is 10.1 Å². The number of alkyl halides is 2. The van der Waals surface area contributed by atoms with E-state index in [-0.39, 0.29) is 11.5 Å². The molecule has 14 heavy (non-hydrogen) atoms. The van der Waals surface area contributed by atoms with Crippen LogP contribution in [0.3, 0.4) is 0 Å². The first-order valence-electron chi connectivity index (χ1n) is 3.80. The fourth-order valence-electron chi connectivity index (χ4n) is 0.877. The summed E-state index contributed by atoms with van der Waals surface area (Å²) in [6, 6.07) is 1.38. The maximum Gasteiger partial charge on any atom is 0.324 e. The quantitative estimate of drug-likeness (QED) is 0.612. The first kappa shape index (κ1) is 11.0. The van der Waals surface area contributed by atoms with Gasteiger partial charge in [-0.1, -0.05) is 11.3 Å². The van der Waals surface area contributed by atoms with E-state index in [1.165, 1.54) is 6.07 Å². The molecule has 0 spiro atoms. The predicted octanol–water partition coefficient (Wildman–Crippen LogP) is 2.01. The van der Waals surface area contributed by atoms with Crippen molar-refractivity contribution >= 4 is 16.3 Å². The molecule has 0 aliphatic heterocycles. The van der Waals surface area contributed by atoms with Crippen LogP contribution in [0.15, 0.2) is 11.4 Å². The van der Waals surface area contributed by atoms with Crippen LogP contribution in [-0.2, 0) is 6.54 Å². The maximum absolute atomic E-state index is 11.7. The van der Waals surface area contributed by atoms with E-state index in [2.05, 4.69) is 5.32 Å². The van der Waals surface area contributed by atoms with Crippen molar-refractivity contribution in [2.75, 3.05) is 6.54 Å². The highest BCUT2D eigenvalue weighted by Crippen LogP contribution is 2.22. The summed E-state index contributed by atoms with van der Waals surface area (Å²) in [5.74, 6) is 0. The van der Waals surface area contributed by atoms with Gasteiger partial charge in [0.2, 0.25) is 0 Å². The second-order valence-corrected chi connectivity index (χ2v) is 3.46. The molecule has 0 aliphatic carbocycles. The Morgan fingerprint density at radius 1 is 1.64 bits per heavy atom. The van der Waals surface area contributed by atoms with Crippen LogP contribution in [0.5, 0.6) is 0 Å². The number of hydrogen-bond donors (Lipinski definition) is 1. The van der Waals surface area contributed by atoms with Gasteiger partial charge in [-0.25, -0.2) is 8.78 Å². The Morgan fingerprint density at radius 2 is 2.36 bits per heavy atom.